The zero-order valence-electron chi connectivity index (χ0n) is 9.21. The van der Waals surface area contributed by atoms with E-state index in [9.17, 15) is 13.6 Å². The highest BCUT2D eigenvalue weighted by molar-refractivity contribution is 5.85. The van der Waals surface area contributed by atoms with Crippen LogP contribution in [0.1, 0.15) is 19.8 Å². The smallest absolute Gasteiger partial charge is 0.249 e. The molecule has 1 atom stereocenters. The van der Waals surface area contributed by atoms with Crippen molar-refractivity contribution in [1.29, 1.82) is 0 Å². The van der Waals surface area contributed by atoms with Crippen molar-refractivity contribution >= 4 is 18.3 Å². The highest BCUT2D eigenvalue weighted by Crippen LogP contribution is 2.43. The molecule has 6 heteroatoms. The van der Waals surface area contributed by atoms with E-state index in [2.05, 4.69) is 5.32 Å². The third-order valence-corrected chi connectivity index (χ3v) is 3.12. The topological polar surface area (TPSA) is 32.3 Å². The summed E-state index contributed by atoms with van der Waals surface area (Å²) in [5, 5.41) is 3.22. The molecule has 2 fully saturated rings. The molecule has 1 heterocycles. The van der Waals surface area contributed by atoms with Gasteiger partial charge in [-0.05, 0) is 6.92 Å². The number of rotatable bonds is 1. The van der Waals surface area contributed by atoms with Gasteiger partial charge in [-0.3, -0.25) is 4.79 Å². The lowest BCUT2D eigenvalue weighted by atomic mass is 9.80. The number of nitrogens with zero attached hydrogens (tertiary/aromatic N) is 1. The van der Waals surface area contributed by atoms with Gasteiger partial charge in [-0.25, -0.2) is 8.78 Å². The van der Waals surface area contributed by atoms with Crippen LogP contribution in [0.15, 0.2) is 0 Å². The molecule has 2 rings (SSSR count). The first-order valence-electron chi connectivity index (χ1n) is 5.38. The average molecular weight is 255 g/mol. The van der Waals surface area contributed by atoms with Gasteiger partial charge in [-0.2, -0.15) is 0 Å². The standard InChI is InChI=1S/C10H16F2N2O.ClH/c1-7-6-14(3-2-13-7)9(15)8-4-10(11,12)5-8;/h7-8,13H,2-6H2,1H3;1H. The summed E-state index contributed by atoms with van der Waals surface area (Å²) in [7, 11) is 0. The number of piperazine rings is 1. The van der Waals surface area contributed by atoms with Crippen molar-refractivity contribution in [2.75, 3.05) is 19.6 Å². The number of amides is 1. The molecule has 0 radical (unpaired) electrons. The summed E-state index contributed by atoms with van der Waals surface area (Å²) in [4.78, 5) is 13.5. The summed E-state index contributed by atoms with van der Waals surface area (Å²) in [6.45, 7) is 4.04. The number of alkyl halides is 2. The Morgan fingerprint density at radius 3 is 2.56 bits per heavy atom. The molecule has 94 valence electrons. The Labute approximate surface area is 100.0 Å². The van der Waals surface area contributed by atoms with Crippen LogP contribution in [-0.2, 0) is 4.79 Å². The fraction of sp³-hybridized carbons (Fsp3) is 0.900. The zero-order valence-corrected chi connectivity index (χ0v) is 10.0. The van der Waals surface area contributed by atoms with E-state index in [-0.39, 0.29) is 37.2 Å². The van der Waals surface area contributed by atoms with E-state index in [0.717, 1.165) is 6.54 Å². The van der Waals surface area contributed by atoms with Crippen molar-refractivity contribution in [2.24, 2.45) is 5.92 Å². The van der Waals surface area contributed by atoms with E-state index in [1.165, 1.54) is 0 Å². The van der Waals surface area contributed by atoms with Gasteiger partial charge in [-0.1, -0.05) is 0 Å². The van der Waals surface area contributed by atoms with Crippen LogP contribution in [0.3, 0.4) is 0 Å². The minimum absolute atomic E-state index is 0. The molecular weight excluding hydrogens is 238 g/mol. The van der Waals surface area contributed by atoms with Crippen LogP contribution < -0.4 is 5.32 Å². The summed E-state index contributed by atoms with van der Waals surface area (Å²) in [5.41, 5.74) is 0. The number of halogens is 3. The Morgan fingerprint density at radius 2 is 2.06 bits per heavy atom. The fourth-order valence-electron chi connectivity index (χ4n) is 2.23. The van der Waals surface area contributed by atoms with E-state index in [4.69, 9.17) is 0 Å². The number of carbonyl (C=O) groups is 1. The molecule has 0 bridgehead atoms. The van der Waals surface area contributed by atoms with Crippen molar-refractivity contribution in [1.82, 2.24) is 10.2 Å². The van der Waals surface area contributed by atoms with Crippen LogP contribution in [0.2, 0.25) is 0 Å². The second-order valence-corrected chi connectivity index (χ2v) is 4.60. The lowest BCUT2D eigenvalue weighted by Gasteiger charge is -2.39. The SMILES string of the molecule is CC1CN(C(=O)C2CC(F)(F)C2)CCN1.Cl. The molecule has 0 aromatic heterocycles. The van der Waals surface area contributed by atoms with Crippen LogP contribution in [0.5, 0.6) is 0 Å². The first-order valence-corrected chi connectivity index (χ1v) is 5.38. The molecule has 1 saturated carbocycles. The summed E-state index contributed by atoms with van der Waals surface area (Å²) in [6, 6.07) is 0.267. The maximum absolute atomic E-state index is 12.6. The van der Waals surface area contributed by atoms with Crippen molar-refractivity contribution in [2.45, 2.75) is 31.7 Å². The molecule has 0 aromatic rings. The van der Waals surface area contributed by atoms with Gasteiger partial charge < -0.3 is 10.2 Å². The van der Waals surface area contributed by atoms with Crippen LogP contribution in [0.25, 0.3) is 0 Å². The minimum atomic E-state index is -2.60. The van der Waals surface area contributed by atoms with Gasteiger partial charge in [-0.15, -0.1) is 12.4 Å². The van der Waals surface area contributed by atoms with Crippen LogP contribution >= 0.6 is 12.4 Å². The molecule has 1 unspecified atom stereocenters. The third-order valence-electron chi connectivity index (χ3n) is 3.12. The number of nitrogens with one attached hydrogen (secondary N) is 1. The van der Waals surface area contributed by atoms with E-state index >= 15 is 0 Å². The van der Waals surface area contributed by atoms with Gasteiger partial charge in [0.15, 0.2) is 0 Å². The predicted octanol–water partition coefficient (Wildman–Crippen LogP) is 1.27. The van der Waals surface area contributed by atoms with Crippen molar-refractivity contribution < 1.29 is 13.6 Å². The Bertz CT molecular complexity index is 268. The molecule has 3 nitrogen and oxygen atoms in total. The predicted molar refractivity (Wildman–Crippen MR) is 59.0 cm³/mol. The summed E-state index contributed by atoms with van der Waals surface area (Å²) < 4.78 is 25.2. The first-order chi connectivity index (χ1) is 6.98. The van der Waals surface area contributed by atoms with Crippen LogP contribution in [0.4, 0.5) is 8.78 Å². The molecule has 1 aliphatic carbocycles. The highest BCUT2D eigenvalue weighted by atomic mass is 35.5. The quantitative estimate of drug-likeness (QED) is 0.765. The van der Waals surface area contributed by atoms with Gasteiger partial charge in [0.05, 0.1) is 0 Å². The fourth-order valence-corrected chi connectivity index (χ4v) is 2.23. The van der Waals surface area contributed by atoms with Crippen molar-refractivity contribution in [3.05, 3.63) is 0 Å². The monoisotopic (exact) mass is 254 g/mol. The van der Waals surface area contributed by atoms with Gasteiger partial charge >= 0.3 is 0 Å². The third kappa shape index (κ3) is 2.83. The zero-order chi connectivity index (χ0) is 11.1. The maximum atomic E-state index is 12.6. The van der Waals surface area contributed by atoms with E-state index in [1.54, 1.807) is 4.90 Å². The van der Waals surface area contributed by atoms with E-state index in [0.29, 0.717) is 13.1 Å². The summed E-state index contributed by atoms with van der Waals surface area (Å²) in [5.74, 6) is -3.13. The number of carbonyl (C=O) groups excluding carboxylic acids is 1. The molecule has 1 aliphatic heterocycles. The molecule has 1 N–H and O–H groups in total. The normalized spacial score (nSPS) is 29.2. The molecular formula is C10H17ClF2N2O. The maximum Gasteiger partial charge on any atom is 0.249 e. The molecule has 1 amide bonds. The second kappa shape index (κ2) is 4.84. The summed E-state index contributed by atoms with van der Waals surface area (Å²) >= 11 is 0. The average Bonchev–Trinajstić information content (AvgIpc) is 2.13. The lowest BCUT2D eigenvalue weighted by Crippen LogP contribution is -2.55. The lowest BCUT2D eigenvalue weighted by molar-refractivity contribution is -0.160. The Morgan fingerprint density at radius 1 is 1.44 bits per heavy atom. The minimum Gasteiger partial charge on any atom is -0.340 e. The van der Waals surface area contributed by atoms with E-state index < -0.39 is 11.8 Å². The Kier molecular flexibility index (Phi) is 4.12. The Balaban J connectivity index is 0.00000128. The van der Waals surface area contributed by atoms with Crippen LogP contribution in [0, 0.1) is 5.92 Å². The largest absolute Gasteiger partial charge is 0.340 e. The van der Waals surface area contributed by atoms with Gasteiger partial charge in [0.1, 0.15) is 0 Å². The second-order valence-electron chi connectivity index (χ2n) is 4.60. The Hall–Kier alpha value is -0.420. The van der Waals surface area contributed by atoms with Gasteiger partial charge in [0, 0.05) is 44.4 Å². The van der Waals surface area contributed by atoms with Crippen molar-refractivity contribution in [3.8, 4) is 0 Å². The number of hydrogen-bond acceptors (Lipinski definition) is 2. The molecule has 16 heavy (non-hydrogen) atoms. The van der Waals surface area contributed by atoms with Gasteiger partial charge in [0.25, 0.3) is 0 Å². The number of hydrogen-bond donors (Lipinski definition) is 1. The molecule has 0 aromatic carbocycles. The molecule has 2 aliphatic rings. The van der Waals surface area contributed by atoms with Crippen LogP contribution in [-0.4, -0.2) is 42.4 Å². The van der Waals surface area contributed by atoms with Crippen molar-refractivity contribution in [3.63, 3.8) is 0 Å². The molecule has 1 saturated heterocycles. The van der Waals surface area contributed by atoms with Gasteiger partial charge in [0.2, 0.25) is 11.8 Å². The van der Waals surface area contributed by atoms with E-state index in [1.807, 2.05) is 6.92 Å². The molecule has 0 spiro atoms. The summed E-state index contributed by atoms with van der Waals surface area (Å²) in [6.07, 6.45) is -0.520. The first kappa shape index (κ1) is 13.6. The highest BCUT2D eigenvalue weighted by Gasteiger charge is 2.49.